The van der Waals surface area contributed by atoms with Gasteiger partial charge in [0.1, 0.15) is 10.8 Å². The molecule has 1 aromatic carbocycles. The highest BCUT2D eigenvalue weighted by Crippen LogP contribution is 2.21. The van der Waals surface area contributed by atoms with E-state index < -0.39 is 10.7 Å². The minimum atomic E-state index is -0.634. The first-order valence-electron chi connectivity index (χ1n) is 5.71. The number of hydrogen-bond donors (Lipinski definition) is 1. The van der Waals surface area contributed by atoms with E-state index in [9.17, 15) is 14.5 Å². The lowest BCUT2D eigenvalue weighted by molar-refractivity contribution is -0.385. The van der Waals surface area contributed by atoms with Gasteiger partial charge in [0.2, 0.25) is 0 Å². The number of aromatic nitrogens is 1. The van der Waals surface area contributed by atoms with Crippen molar-refractivity contribution >= 4 is 22.7 Å². The van der Waals surface area contributed by atoms with E-state index in [1.54, 1.807) is 17.5 Å². The van der Waals surface area contributed by atoms with Crippen LogP contribution in [-0.4, -0.2) is 9.91 Å². The SMILES string of the molecule is CCc1cnc(CNc2cc(F)cc([N+](=O)[O-])c2)s1. The molecule has 7 heteroatoms. The quantitative estimate of drug-likeness (QED) is 0.674. The zero-order valence-electron chi connectivity index (χ0n) is 10.2. The molecule has 0 amide bonds. The first kappa shape index (κ1) is 13.4. The van der Waals surface area contributed by atoms with Crippen LogP contribution in [0.3, 0.4) is 0 Å². The van der Waals surface area contributed by atoms with Crippen LogP contribution in [0.1, 0.15) is 16.8 Å². The largest absolute Gasteiger partial charge is 0.378 e. The monoisotopic (exact) mass is 281 g/mol. The molecule has 0 fully saturated rings. The molecule has 1 heterocycles. The van der Waals surface area contributed by atoms with Crippen LogP contribution < -0.4 is 5.32 Å². The number of nitrogens with zero attached hydrogens (tertiary/aromatic N) is 2. The summed E-state index contributed by atoms with van der Waals surface area (Å²) < 4.78 is 13.2. The van der Waals surface area contributed by atoms with E-state index in [4.69, 9.17) is 0 Å². The second kappa shape index (κ2) is 5.75. The zero-order chi connectivity index (χ0) is 13.8. The molecular weight excluding hydrogens is 269 g/mol. The van der Waals surface area contributed by atoms with E-state index in [1.807, 2.05) is 6.92 Å². The summed E-state index contributed by atoms with van der Waals surface area (Å²) in [4.78, 5) is 15.4. The van der Waals surface area contributed by atoms with Crippen molar-refractivity contribution in [2.45, 2.75) is 19.9 Å². The van der Waals surface area contributed by atoms with Gasteiger partial charge in [-0.3, -0.25) is 10.1 Å². The summed E-state index contributed by atoms with van der Waals surface area (Å²) in [6.07, 6.45) is 2.72. The molecule has 0 saturated carbocycles. The Kier molecular flexibility index (Phi) is 4.06. The first-order valence-corrected chi connectivity index (χ1v) is 6.52. The Hall–Kier alpha value is -2.02. The predicted molar refractivity (Wildman–Crippen MR) is 71.9 cm³/mol. The molecule has 1 N–H and O–H groups in total. The van der Waals surface area contributed by atoms with Crippen molar-refractivity contribution in [3.63, 3.8) is 0 Å². The third kappa shape index (κ3) is 3.47. The van der Waals surface area contributed by atoms with Gasteiger partial charge in [-0.25, -0.2) is 9.37 Å². The lowest BCUT2D eigenvalue weighted by Gasteiger charge is -2.04. The van der Waals surface area contributed by atoms with Gasteiger partial charge in [0.15, 0.2) is 0 Å². The van der Waals surface area contributed by atoms with E-state index in [2.05, 4.69) is 10.3 Å². The molecule has 5 nitrogen and oxygen atoms in total. The predicted octanol–water partition coefficient (Wildman–Crippen LogP) is 3.36. The number of nitro groups is 1. The van der Waals surface area contributed by atoms with Crippen LogP contribution >= 0.6 is 11.3 Å². The van der Waals surface area contributed by atoms with E-state index in [1.165, 1.54) is 17.0 Å². The fourth-order valence-electron chi connectivity index (χ4n) is 1.55. The average Bonchev–Trinajstić information content (AvgIpc) is 2.83. The average molecular weight is 281 g/mol. The highest BCUT2D eigenvalue weighted by atomic mass is 32.1. The number of rotatable bonds is 5. The number of aryl methyl sites for hydroxylation is 1. The molecule has 100 valence electrons. The van der Waals surface area contributed by atoms with Crippen LogP contribution in [0.15, 0.2) is 24.4 Å². The van der Waals surface area contributed by atoms with Crippen LogP contribution in [0.4, 0.5) is 15.8 Å². The number of thiazole rings is 1. The number of anilines is 1. The van der Waals surface area contributed by atoms with Gasteiger partial charge in [0, 0.05) is 22.8 Å². The van der Waals surface area contributed by atoms with E-state index in [-0.39, 0.29) is 5.69 Å². The van der Waals surface area contributed by atoms with Crippen LogP contribution in [0.25, 0.3) is 0 Å². The van der Waals surface area contributed by atoms with Crippen molar-refractivity contribution in [3.8, 4) is 0 Å². The molecule has 2 rings (SSSR count). The van der Waals surface area contributed by atoms with Gasteiger partial charge < -0.3 is 5.32 Å². The summed E-state index contributed by atoms with van der Waals surface area (Å²) in [7, 11) is 0. The highest BCUT2D eigenvalue weighted by Gasteiger charge is 2.10. The number of hydrogen-bond acceptors (Lipinski definition) is 5. The zero-order valence-corrected chi connectivity index (χ0v) is 11.0. The topological polar surface area (TPSA) is 68.1 Å². The number of benzene rings is 1. The van der Waals surface area contributed by atoms with Crippen molar-refractivity contribution in [1.29, 1.82) is 0 Å². The van der Waals surface area contributed by atoms with Crippen molar-refractivity contribution in [1.82, 2.24) is 4.98 Å². The minimum Gasteiger partial charge on any atom is -0.378 e. The Morgan fingerprint density at radius 2 is 2.26 bits per heavy atom. The van der Waals surface area contributed by atoms with Gasteiger partial charge in [-0.15, -0.1) is 11.3 Å². The first-order chi connectivity index (χ1) is 9.08. The summed E-state index contributed by atoms with van der Waals surface area (Å²) in [6.45, 7) is 2.46. The Morgan fingerprint density at radius 3 is 2.89 bits per heavy atom. The molecule has 0 unspecified atom stereocenters. The third-order valence-electron chi connectivity index (χ3n) is 2.49. The van der Waals surface area contributed by atoms with Gasteiger partial charge in [-0.2, -0.15) is 0 Å². The summed E-state index contributed by atoms with van der Waals surface area (Å²) in [5, 5.41) is 14.4. The van der Waals surface area contributed by atoms with Gasteiger partial charge in [0.25, 0.3) is 5.69 Å². The Labute approximate surface area is 113 Å². The minimum absolute atomic E-state index is 0.268. The summed E-state index contributed by atoms with van der Waals surface area (Å²) in [5.74, 6) is -0.634. The summed E-state index contributed by atoms with van der Waals surface area (Å²) >= 11 is 1.57. The maximum Gasteiger partial charge on any atom is 0.274 e. The van der Waals surface area contributed by atoms with Crippen LogP contribution in [-0.2, 0) is 13.0 Å². The van der Waals surface area contributed by atoms with Crippen molar-refractivity contribution in [2.75, 3.05) is 5.32 Å². The molecule has 0 saturated heterocycles. The second-order valence-corrected chi connectivity index (χ2v) is 5.08. The van der Waals surface area contributed by atoms with Crippen molar-refractivity contribution < 1.29 is 9.31 Å². The number of nitrogens with one attached hydrogen (secondary N) is 1. The Balaban J connectivity index is 2.08. The number of halogens is 1. The van der Waals surface area contributed by atoms with Gasteiger partial charge in [-0.05, 0) is 12.5 Å². The lowest BCUT2D eigenvalue weighted by atomic mass is 10.2. The Bertz CT molecular complexity index is 600. The van der Waals surface area contributed by atoms with Crippen molar-refractivity contribution in [3.05, 3.63) is 50.2 Å². The maximum atomic E-state index is 13.2. The Morgan fingerprint density at radius 1 is 1.47 bits per heavy atom. The van der Waals surface area contributed by atoms with Crippen LogP contribution in [0, 0.1) is 15.9 Å². The van der Waals surface area contributed by atoms with Gasteiger partial charge in [0.05, 0.1) is 17.5 Å². The third-order valence-corrected chi connectivity index (χ3v) is 3.63. The smallest absolute Gasteiger partial charge is 0.274 e. The van der Waals surface area contributed by atoms with Crippen molar-refractivity contribution in [2.24, 2.45) is 0 Å². The molecule has 0 radical (unpaired) electrons. The standard InChI is InChI=1S/C12H12FN3O2S/c1-2-11-6-15-12(19-11)7-14-9-3-8(13)4-10(5-9)16(17)18/h3-6,14H,2,7H2,1H3. The second-order valence-electron chi connectivity index (χ2n) is 3.88. The van der Waals surface area contributed by atoms with Gasteiger partial charge >= 0.3 is 0 Å². The number of non-ortho nitro benzene ring substituents is 1. The molecule has 0 atom stereocenters. The lowest BCUT2D eigenvalue weighted by Crippen LogP contribution is -2.00. The van der Waals surface area contributed by atoms with Crippen LogP contribution in [0.5, 0.6) is 0 Å². The van der Waals surface area contributed by atoms with Gasteiger partial charge in [-0.1, -0.05) is 6.92 Å². The summed E-state index contributed by atoms with van der Waals surface area (Å²) in [5.41, 5.74) is 0.107. The van der Waals surface area contributed by atoms with Crippen LogP contribution in [0.2, 0.25) is 0 Å². The van der Waals surface area contributed by atoms with E-state index in [0.717, 1.165) is 17.5 Å². The summed E-state index contributed by atoms with van der Waals surface area (Å²) in [6, 6.07) is 3.42. The highest BCUT2D eigenvalue weighted by molar-refractivity contribution is 7.11. The molecule has 0 spiro atoms. The normalized spacial score (nSPS) is 10.4. The molecule has 1 aromatic heterocycles. The fourth-order valence-corrected chi connectivity index (χ4v) is 2.35. The molecule has 0 aliphatic heterocycles. The molecule has 0 bridgehead atoms. The molecular formula is C12H12FN3O2S. The van der Waals surface area contributed by atoms with E-state index in [0.29, 0.717) is 12.2 Å². The molecule has 0 aliphatic carbocycles. The number of nitro benzene ring substituents is 1. The maximum absolute atomic E-state index is 13.2. The van der Waals surface area contributed by atoms with E-state index >= 15 is 0 Å². The molecule has 0 aliphatic rings. The molecule has 2 aromatic rings. The fraction of sp³-hybridized carbons (Fsp3) is 0.250. The molecule has 19 heavy (non-hydrogen) atoms.